The van der Waals surface area contributed by atoms with Gasteiger partial charge in [-0.05, 0) is 49.6 Å². The van der Waals surface area contributed by atoms with Gasteiger partial charge < -0.3 is 9.88 Å². The Morgan fingerprint density at radius 2 is 2.16 bits per heavy atom. The molecule has 0 radical (unpaired) electrons. The Kier molecular flexibility index (Phi) is 3.89. The van der Waals surface area contributed by atoms with Gasteiger partial charge in [-0.25, -0.2) is 0 Å². The third-order valence-electron chi connectivity index (χ3n) is 5.34. The Balaban J connectivity index is 0.00000157. The predicted molar refractivity (Wildman–Crippen MR) is 98.4 cm³/mol. The summed E-state index contributed by atoms with van der Waals surface area (Å²) in [5, 5.41) is 12.2. The van der Waals surface area contributed by atoms with E-state index in [0.717, 1.165) is 47.7 Å². The standard InChI is InChI=1S/C18H19N5O.ClH/c1-11-18(15-3-2-4-20-23(15)21-11)13-6-16-14-5-12(8-19-9-14)10-22(16)17(24)7-13;/h2-4,6-7,12,14,19H,5,8-10H2,1H3;1H/t12-,14+;/m0./s1. The normalized spacial score (nSPS) is 21.6. The van der Waals surface area contributed by atoms with Crippen LogP contribution in [-0.2, 0) is 6.54 Å². The van der Waals surface area contributed by atoms with Gasteiger partial charge in [-0.3, -0.25) is 4.79 Å². The number of nitrogens with one attached hydrogen (secondary N) is 1. The van der Waals surface area contributed by atoms with Crippen LogP contribution in [0.5, 0.6) is 0 Å². The molecule has 0 unspecified atom stereocenters. The maximum atomic E-state index is 12.8. The molecule has 0 saturated carbocycles. The summed E-state index contributed by atoms with van der Waals surface area (Å²) in [6, 6.07) is 7.85. The van der Waals surface area contributed by atoms with Gasteiger partial charge in [0.1, 0.15) is 0 Å². The van der Waals surface area contributed by atoms with Crippen LogP contribution in [0.2, 0.25) is 0 Å². The highest BCUT2D eigenvalue weighted by Crippen LogP contribution is 2.35. The monoisotopic (exact) mass is 357 g/mol. The summed E-state index contributed by atoms with van der Waals surface area (Å²) in [7, 11) is 0. The third kappa shape index (κ3) is 2.48. The number of halogens is 1. The number of aryl methyl sites for hydroxylation is 1. The van der Waals surface area contributed by atoms with Crippen LogP contribution in [0.1, 0.15) is 23.7 Å². The molecule has 0 aliphatic carbocycles. The van der Waals surface area contributed by atoms with Crippen LogP contribution in [0.3, 0.4) is 0 Å². The van der Waals surface area contributed by atoms with Crippen molar-refractivity contribution in [2.75, 3.05) is 13.1 Å². The molecule has 7 heteroatoms. The van der Waals surface area contributed by atoms with Gasteiger partial charge in [0.05, 0.1) is 11.2 Å². The molecular formula is C18H20ClN5O. The van der Waals surface area contributed by atoms with E-state index in [4.69, 9.17) is 0 Å². The number of fused-ring (bicyclic) bond motifs is 5. The SMILES string of the molecule is Cc1nn2ncccc2c1-c1cc2n(c(=O)c1)C[C@@H]1CNC[C@H]2C1.Cl. The van der Waals surface area contributed by atoms with E-state index >= 15 is 0 Å². The second-order valence-corrected chi connectivity index (χ2v) is 6.93. The largest absolute Gasteiger partial charge is 0.316 e. The van der Waals surface area contributed by atoms with Crippen molar-refractivity contribution in [2.24, 2.45) is 5.92 Å². The van der Waals surface area contributed by atoms with Gasteiger partial charge in [0.15, 0.2) is 0 Å². The molecule has 2 bridgehead atoms. The molecule has 130 valence electrons. The van der Waals surface area contributed by atoms with Crippen molar-refractivity contribution < 1.29 is 0 Å². The van der Waals surface area contributed by atoms with Crippen molar-refractivity contribution in [2.45, 2.75) is 25.8 Å². The lowest BCUT2D eigenvalue weighted by Crippen LogP contribution is -2.44. The Labute approximate surface area is 151 Å². The predicted octanol–water partition coefficient (Wildman–Crippen LogP) is 1.99. The van der Waals surface area contributed by atoms with Gasteiger partial charge in [-0.2, -0.15) is 14.8 Å². The smallest absolute Gasteiger partial charge is 0.251 e. The van der Waals surface area contributed by atoms with Crippen LogP contribution in [0.4, 0.5) is 0 Å². The maximum Gasteiger partial charge on any atom is 0.251 e. The number of nitrogens with zero attached hydrogens (tertiary/aromatic N) is 4. The van der Waals surface area contributed by atoms with E-state index in [1.54, 1.807) is 16.9 Å². The van der Waals surface area contributed by atoms with Crippen LogP contribution >= 0.6 is 12.4 Å². The van der Waals surface area contributed by atoms with Crippen molar-refractivity contribution in [1.82, 2.24) is 24.7 Å². The van der Waals surface area contributed by atoms with Gasteiger partial charge in [-0.15, -0.1) is 12.4 Å². The van der Waals surface area contributed by atoms with Crippen LogP contribution in [-0.4, -0.2) is 32.5 Å². The average Bonchev–Trinajstić information content (AvgIpc) is 2.92. The summed E-state index contributed by atoms with van der Waals surface area (Å²) in [4.78, 5) is 12.8. The zero-order chi connectivity index (χ0) is 16.3. The van der Waals surface area contributed by atoms with Crippen molar-refractivity contribution in [1.29, 1.82) is 0 Å². The molecule has 1 N–H and O–H groups in total. The highest BCUT2D eigenvalue weighted by Gasteiger charge is 2.31. The minimum atomic E-state index is 0. The second kappa shape index (κ2) is 5.97. The molecule has 0 amide bonds. The van der Waals surface area contributed by atoms with E-state index < -0.39 is 0 Å². The van der Waals surface area contributed by atoms with Gasteiger partial charge >= 0.3 is 0 Å². The Bertz CT molecular complexity index is 1010. The van der Waals surface area contributed by atoms with E-state index in [0.29, 0.717) is 11.8 Å². The fraction of sp³-hybridized carbons (Fsp3) is 0.389. The first-order valence-electron chi connectivity index (χ1n) is 8.47. The van der Waals surface area contributed by atoms with Gasteiger partial charge in [-0.1, -0.05) is 0 Å². The fourth-order valence-corrected chi connectivity index (χ4v) is 4.31. The summed E-state index contributed by atoms with van der Waals surface area (Å²) in [5.74, 6) is 0.994. The third-order valence-corrected chi connectivity index (χ3v) is 5.34. The van der Waals surface area contributed by atoms with Gasteiger partial charge in [0.25, 0.3) is 5.56 Å². The molecule has 6 nitrogen and oxygen atoms in total. The van der Waals surface area contributed by atoms with Crippen LogP contribution in [0, 0.1) is 12.8 Å². The molecule has 2 aliphatic rings. The topological polar surface area (TPSA) is 64.2 Å². The molecule has 2 atom stereocenters. The van der Waals surface area contributed by atoms with Gasteiger partial charge in [0.2, 0.25) is 0 Å². The molecule has 2 aliphatic heterocycles. The number of aromatic nitrogens is 4. The van der Waals surface area contributed by atoms with Crippen molar-refractivity contribution in [3.63, 3.8) is 0 Å². The molecule has 0 spiro atoms. The molecule has 25 heavy (non-hydrogen) atoms. The summed E-state index contributed by atoms with van der Waals surface area (Å²) in [6.45, 7) is 4.77. The molecule has 5 heterocycles. The van der Waals surface area contributed by atoms with Crippen LogP contribution < -0.4 is 10.9 Å². The molecule has 3 aromatic heterocycles. The maximum absolute atomic E-state index is 12.8. The lowest BCUT2D eigenvalue weighted by molar-refractivity contribution is 0.257. The van der Waals surface area contributed by atoms with E-state index in [1.165, 1.54) is 6.42 Å². The summed E-state index contributed by atoms with van der Waals surface area (Å²) in [6.07, 6.45) is 2.89. The van der Waals surface area contributed by atoms with Crippen molar-refractivity contribution in [3.05, 3.63) is 52.2 Å². The van der Waals surface area contributed by atoms with Crippen molar-refractivity contribution >= 4 is 17.9 Å². The first-order chi connectivity index (χ1) is 11.7. The molecule has 1 saturated heterocycles. The summed E-state index contributed by atoms with van der Waals surface area (Å²) >= 11 is 0. The number of hydrogen-bond acceptors (Lipinski definition) is 4. The van der Waals surface area contributed by atoms with E-state index in [1.807, 2.05) is 23.6 Å². The fourth-order valence-electron chi connectivity index (χ4n) is 4.31. The Morgan fingerprint density at radius 3 is 3.04 bits per heavy atom. The lowest BCUT2D eigenvalue weighted by Gasteiger charge is -2.37. The first kappa shape index (κ1) is 16.3. The minimum Gasteiger partial charge on any atom is -0.316 e. The molecule has 3 aromatic rings. The Hall–Kier alpha value is -2.18. The van der Waals surface area contributed by atoms with Crippen LogP contribution in [0.25, 0.3) is 16.6 Å². The number of pyridine rings is 1. The van der Waals surface area contributed by atoms with Gasteiger partial charge in [0, 0.05) is 42.5 Å². The minimum absolute atomic E-state index is 0. The summed E-state index contributed by atoms with van der Waals surface area (Å²) < 4.78 is 3.61. The zero-order valence-corrected chi connectivity index (χ0v) is 14.8. The molecule has 0 aromatic carbocycles. The molecule has 5 rings (SSSR count). The van der Waals surface area contributed by atoms with Crippen LogP contribution in [0.15, 0.2) is 35.3 Å². The second-order valence-electron chi connectivity index (χ2n) is 6.93. The highest BCUT2D eigenvalue weighted by molar-refractivity contribution is 5.85. The number of piperidine rings is 1. The number of rotatable bonds is 1. The van der Waals surface area contributed by atoms with E-state index in [2.05, 4.69) is 21.6 Å². The molecular weight excluding hydrogens is 338 g/mol. The highest BCUT2D eigenvalue weighted by atomic mass is 35.5. The average molecular weight is 358 g/mol. The zero-order valence-electron chi connectivity index (χ0n) is 14.0. The Morgan fingerprint density at radius 1 is 1.28 bits per heavy atom. The number of hydrogen-bond donors (Lipinski definition) is 1. The first-order valence-corrected chi connectivity index (χ1v) is 8.47. The molecule has 1 fully saturated rings. The van der Waals surface area contributed by atoms with Crippen molar-refractivity contribution in [3.8, 4) is 11.1 Å². The lowest BCUT2D eigenvalue weighted by atomic mass is 9.83. The summed E-state index contributed by atoms with van der Waals surface area (Å²) in [5.41, 5.74) is 5.05. The van der Waals surface area contributed by atoms with E-state index in [9.17, 15) is 4.79 Å². The van der Waals surface area contributed by atoms with E-state index in [-0.39, 0.29) is 18.0 Å². The quantitative estimate of drug-likeness (QED) is 0.723.